The average Bonchev–Trinajstić information content (AvgIpc) is 2.62. The Labute approximate surface area is 83.5 Å². The molecule has 0 saturated carbocycles. The fourth-order valence-electron chi connectivity index (χ4n) is 1.39. The molecule has 0 aliphatic rings. The predicted octanol–water partition coefficient (Wildman–Crippen LogP) is 2.02. The van der Waals surface area contributed by atoms with E-state index in [0.717, 1.165) is 19.4 Å². The lowest BCUT2D eigenvalue weighted by Crippen LogP contribution is -2.10. The zero-order valence-corrected chi connectivity index (χ0v) is 8.60. The van der Waals surface area contributed by atoms with Crippen LogP contribution in [0.2, 0.25) is 0 Å². The Morgan fingerprint density at radius 3 is 2.64 bits per heavy atom. The summed E-state index contributed by atoms with van der Waals surface area (Å²) in [4.78, 5) is 10.6. The first-order valence-corrected chi connectivity index (χ1v) is 4.94. The molecular weight excluding hydrogens is 180 g/mol. The highest BCUT2D eigenvalue weighted by Crippen LogP contribution is 2.10. The molecule has 0 unspecified atom stereocenters. The quantitative estimate of drug-likeness (QED) is 0.783. The molecule has 1 heterocycles. The minimum Gasteiger partial charge on any atom is -0.476 e. The fourth-order valence-corrected chi connectivity index (χ4v) is 1.39. The van der Waals surface area contributed by atoms with E-state index in [4.69, 9.17) is 5.11 Å². The van der Waals surface area contributed by atoms with Gasteiger partial charge in [0, 0.05) is 12.7 Å². The Hall–Kier alpha value is -1.32. The molecular formula is C10H16N2O2. The van der Waals surface area contributed by atoms with Crippen LogP contribution in [-0.2, 0) is 6.54 Å². The fraction of sp³-hybridized carbons (Fsp3) is 0.600. The van der Waals surface area contributed by atoms with E-state index in [1.807, 2.05) is 0 Å². The summed E-state index contributed by atoms with van der Waals surface area (Å²) in [7, 11) is 0. The number of carboxylic acids is 1. The number of nitrogens with zero attached hydrogens (tertiary/aromatic N) is 2. The van der Waals surface area contributed by atoms with E-state index < -0.39 is 5.97 Å². The molecule has 78 valence electrons. The molecule has 4 nitrogen and oxygen atoms in total. The molecule has 1 rings (SSSR count). The number of hydrogen-bond donors (Lipinski definition) is 1. The highest BCUT2D eigenvalue weighted by atomic mass is 16.4. The molecule has 0 bridgehead atoms. The number of hydrogen-bond acceptors (Lipinski definition) is 2. The molecule has 0 amide bonds. The Morgan fingerprint density at radius 1 is 1.57 bits per heavy atom. The third kappa shape index (κ3) is 2.58. The van der Waals surface area contributed by atoms with Crippen LogP contribution in [0.4, 0.5) is 0 Å². The van der Waals surface area contributed by atoms with Crippen LogP contribution in [0.1, 0.15) is 37.2 Å². The minimum absolute atomic E-state index is 0.121. The van der Waals surface area contributed by atoms with Gasteiger partial charge >= 0.3 is 5.97 Å². The summed E-state index contributed by atoms with van der Waals surface area (Å²) in [6.45, 7) is 5.08. The van der Waals surface area contributed by atoms with Gasteiger partial charge in [-0.05, 0) is 12.0 Å². The summed E-state index contributed by atoms with van der Waals surface area (Å²) < 4.78 is 1.71. The van der Waals surface area contributed by atoms with Gasteiger partial charge in [0.2, 0.25) is 0 Å². The second-order valence-corrected chi connectivity index (χ2v) is 3.41. The summed E-state index contributed by atoms with van der Waals surface area (Å²) in [5.74, 6) is -0.384. The van der Waals surface area contributed by atoms with Gasteiger partial charge in [-0.15, -0.1) is 0 Å². The lowest BCUT2D eigenvalue weighted by Gasteiger charge is -2.11. The molecule has 1 N–H and O–H groups in total. The second-order valence-electron chi connectivity index (χ2n) is 3.41. The van der Waals surface area contributed by atoms with Crippen molar-refractivity contribution in [2.45, 2.75) is 33.2 Å². The van der Waals surface area contributed by atoms with Crippen LogP contribution in [-0.4, -0.2) is 20.9 Å². The van der Waals surface area contributed by atoms with E-state index in [9.17, 15) is 4.79 Å². The summed E-state index contributed by atoms with van der Waals surface area (Å²) >= 11 is 0. The van der Waals surface area contributed by atoms with Crippen molar-refractivity contribution in [1.29, 1.82) is 0 Å². The summed E-state index contributed by atoms with van der Waals surface area (Å²) in [5.41, 5.74) is 0.121. The van der Waals surface area contributed by atoms with E-state index in [0.29, 0.717) is 5.92 Å². The maximum atomic E-state index is 10.6. The Morgan fingerprint density at radius 2 is 2.21 bits per heavy atom. The van der Waals surface area contributed by atoms with Crippen LogP contribution < -0.4 is 0 Å². The lowest BCUT2D eigenvalue weighted by molar-refractivity contribution is 0.0689. The van der Waals surface area contributed by atoms with Crippen molar-refractivity contribution in [3.8, 4) is 0 Å². The SMILES string of the molecule is CCC(CC)Cn1ccc(C(=O)O)n1. The average molecular weight is 196 g/mol. The standard InChI is InChI=1S/C10H16N2O2/c1-3-8(4-2)7-12-6-5-9(11-12)10(13)14/h5-6,8H,3-4,7H2,1-2H3,(H,13,14). The molecule has 0 fully saturated rings. The number of aromatic nitrogens is 2. The molecule has 0 saturated heterocycles. The Bertz CT molecular complexity index is 303. The first-order chi connectivity index (χ1) is 6.67. The highest BCUT2D eigenvalue weighted by molar-refractivity contribution is 5.84. The largest absolute Gasteiger partial charge is 0.476 e. The molecule has 1 aromatic heterocycles. The molecule has 0 aromatic carbocycles. The topological polar surface area (TPSA) is 55.1 Å². The predicted molar refractivity (Wildman–Crippen MR) is 53.3 cm³/mol. The zero-order chi connectivity index (χ0) is 10.6. The van der Waals surface area contributed by atoms with Crippen molar-refractivity contribution in [2.75, 3.05) is 0 Å². The van der Waals surface area contributed by atoms with Gasteiger partial charge in [-0.25, -0.2) is 4.79 Å². The van der Waals surface area contributed by atoms with Crippen molar-refractivity contribution in [3.05, 3.63) is 18.0 Å². The molecule has 4 heteroatoms. The Balaban J connectivity index is 2.63. The minimum atomic E-state index is -0.965. The lowest BCUT2D eigenvalue weighted by atomic mass is 10.0. The molecule has 0 aliphatic heterocycles. The number of carbonyl (C=O) groups is 1. The third-order valence-electron chi connectivity index (χ3n) is 2.46. The van der Waals surface area contributed by atoms with Gasteiger partial charge in [-0.2, -0.15) is 5.10 Å². The van der Waals surface area contributed by atoms with E-state index >= 15 is 0 Å². The van der Waals surface area contributed by atoms with Crippen LogP contribution in [0.5, 0.6) is 0 Å². The van der Waals surface area contributed by atoms with Crippen LogP contribution in [0, 0.1) is 5.92 Å². The molecule has 14 heavy (non-hydrogen) atoms. The van der Waals surface area contributed by atoms with Crippen LogP contribution in [0.15, 0.2) is 12.3 Å². The molecule has 0 radical (unpaired) electrons. The van der Waals surface area contributed by atoms with E-state index in [1.165, 1.54) is 6.07 Å². The number of rotatable bonds is 5. The van der Waals surface area contributed by atoms with Gasteiger partial charge in [0.1, 0.15) is 0 Å². The van der Waals surface area contributed by atoms with Gasteiger partial charge in [0.15, 0.2) is 5.69 Å². The summed E-state index contributed by atoms with van der Waals surface area (Å²) in [6.07, 6.45) is 3.92. The normalized spacial score (nSPS) is 10.8. The van der Waals surface area contributed by atoms with Crippen molar-refractivity contribution in [1.82, 2.24) is 9.78 Å². The molecule has 1 aromatic rings. The van der Waals surface area contributed by atoms with Crippen molar-refractivity contribution in [3.63, 3.8) is 0 Å². The van der Waals surface area contributed by atoms with Crippen LogP contribution in [0.3, 0.4) is 0 Å². The summed E-state index contributed by atoms with van der Waals surface area (Å²) in [6, 6.07) is 1.53. The van der Waals surface area contributed by atoms with E-state index in [1.54, 1.807) is 10.9 Å². The van der Waals surface area contributed by atoms with Gasteiger partial charge in [-0.3, -0.25) is 4.68 Å². The third-order valence-corrected chi connectivity index (χ3v) is 2.46. The molecule has 0 spiro atoms. The molecule has 0 atom stereocenters. The van der Waals surface area contributed by atoms with Gasteiger partial charge < -0.3 is 5.11 Å². The number of carboxylic acid groups (broad SMARTS) is 1. The summed E-state index contributed by atoms with van der Waals surface area (Å²) in [5, 5.41) is 12.6. The maximum Gasteiger partial charge on any atom is 0.356 e. The Kier molecular flexibility index (Phi) is 3.68. The number of aromatic carboxylic acids is 1. The highest BCUT2D eigenvalue weighted by Gasteiger charge is 2.09. The van der Waals surface area contributed by atoms with Gasteiger partial charge in [-0.1, -0.05) is 26.7 Å². The first-order valence-electron chi connectivity index (χ1n) is 4.94. The zero-order valence-electron chi connectivity index (χ0n) is 8.60. The van der Waals surface area contributed by atoms with Crippen LogP contribution in [0.25, 0.3) is 0 Å². The maximum absolute atomic E-state index is 10.6. The second kappa shape index (κ2) is 4.79. The van der Waals surface area contributed by atoms with Crippen molar-refractivity contribution >= 4 is 5.97 Å². The van der Waals surface area contributed by atoms with E-state index in [-0.39, 0.29) is 5.69 Å². The van der Waals surface area contributed by atoms with Crippen LogP contribution >= 0.6 is 0 Å². The van der Waals surface area contributed by atoms with Gasteiger partial charge in [0.05, 0.1) is 0 Å². The first kappa shape index (κ1) is 10.8. The van der Waals surface area contributed by atoms with E-state index in [2.05, 4.69) is 18.9 Å². The monoisotopic (exact) mass is 196 g/mol. The van der Waals surface area contributed by atoms with Crippen molar-refractivity contribution < 1.29 is 9.90 Å². The van der Waals surface area contributed by atoms with Crippen molar-refractivity contribution in [2.24, 2.45) is 5.92 Å². The molecule has 0 aliphatic carbocycles. The van der Waals surface area contributed by atoms with Gasteiger partial charge in [0.25, 0.3) is 0 Å². The smallest absolute Gasteiger partial charge is 0.356 e.